The maximum absolute atomic E-state index is 9.69. The van der Waals surface area contributed by atoms with E-state index in [9.17, 15) is 16.8 Å². The molecule has 6 nitrogen and oxygen atoms in total. The molecule has 0 aliphatic rings. The molecular weight excluding hydrogens is 487 g/mol. The first-order valence-electron chi connectivity index (χ1n) is 1.37. The van der Waals surface area contributed by atoms with Crippen molar-refractivity contribution in [3.8, 4) is 0 Å². The summed E-state index contributed by atoms with van der Waals surface area (Å²) in [6.45, 7) is 0. The van der Waals surface area contributed by atoms with E-state index in [0.717, 1.165) is 0 Å². The van der Waals surface area contributed by atoms with Gasteiger partial charge < -0.3 is 0 Å². The minimum Gasteiger partial charge on any atom is 0 e. The first-order valence-corrected chi connectivity index (χ1v) is 8.29. The van der Waals surface area contributed by atoms with Crippen molar-refractivity contribution in [1.82, 2.24) is 0 Å². The Bertz CT molecular complexity index is 251. The maximum Gasteiger partial charge on any atom is 0 e. The summed E-state index contributed by atoms with van der Waals surface area (Å²) in [7, 11) is -9.11. The smallest absolute Gasteiger partial charge is 0 e. The monoisotopic (exact) mass is 489 g/mol. The molecule has 0 rings (SSSR count). The second-order valence-electron chi connectivity index (χ2n) is 0.924. The van der Waals surface area contributed by atoms with Crippen LogP contribution in [-0.2, 0) is 53.6 Å². The first kappa shape index (κ1) is 23.8. The zero-order chi connectivity index (χ0) is 7.71. The van der Waals surface area contributed by atoms with E-state index in [0.29, 0.717) is 0 Å². The van der Waals surface area contributed by atoms with Gasteiger partial charge in [-0.1, -0.05) is 0 Å². The third kappa shape index (κ3) is 22.8. The molecule has 0 bridgehead atoms. The van der Waals surface area contributed by atoms with Crippen molar-refractivity contribution in [3.05, 3.63) is 0 Å². The Morgan fingerprint density at radius 3 is 1.08 bits per heavy atom. The maximum atomic E-state index is 9.69. The predicted octanol–water partition coefficient (Wildman–Crippen LogP) is -2.09. The Morgan fingerprint density at radius 1 is 0.917 bits per heavy atom. The van der Waals surface area contributed by atoms with Crippen molar-refractivity contribution in [2.45, 2.75) is 0 Å². The van der Waals surface area contributed by atoms with Crippen molar-refractivity contribution in [2.75, 3.05) is 0 Å². The van der Waals surface area contributed by atoms with Crippen molar-refractivity contribution >= 4 is 53.7 Å². The van der Waals surface area contributed by atoms with Gasteiger partial charge in [0, 0.05) is 60.5 Å². The number of hydrogen-bond donors (Lipinski definition) is 2. The van der Waals surface area contributed by atoms with Gasteiger partial charge in [-0.15, -0.1) is 0 Å². The second-order valence-corrected chi connectivity index (χ2v) is 11.1. The van der Waals surface area contributed by atoms with Crippen LogP contribution in [0.2, 0.25) is 0 Å². The van der Waals surface area contributed by atoms with Gasteiger partial charge >= 0.3 is 55.7 Å². The molecule has 0 aromatic carbocycles. The van der Waals surface area contributed by atoms with Crippen LogP contribution in [0.25, 0.3) is 0 Å². The van der Waals surface area contributed by atoms with E-state index >= 15 is 0 Å². The molecule has 0 aliphatic carbocycles. The van der Waals surface area contributed by atoms with Crippen molar-refractivity contribution in [3.63, 3.8) is 0 Å². The zero-order valence-electron chi connectivity index (χ0n) is 5.26. The average Bonchev–Trinajstić information content (AvgIpc) is 1.14. The normalized spacial score (nSPS) is 10.2. The molecule has 0 fully saturated rings. The molecular formula is H2CuO6S2SeSnZn. The number of hydrogen-bond acceptors (Lipinski definition) is 4. The fraction of sp³-hybridized carbons (Fsp3) is 0. The molecule has 0 heterocycles. The summed E-state index contributed by atoms with van der Waals surface area (Å²) in [5.74, 6) is 0. The van der Waals surface area contributed by atoms with Gasteiger partial charge in [0.1, 0.15) is 0 Å². The fourth-order valence-corrected chi connectivity index (χ4v) is 5.08. The molecule has 0 spiro atoms. The van der Waals surface area contributed by atoms with Crippen LogP contribution in [0, 0.1) is 0 Å². The molecule has 0 unspecified atom stereocenters. The zero-order valence-corrected chi connectivity index (χ0v) is 15.4. The van der Waals surface area contributed by atoms with Crippen molar-refractivity contribution in [1.29, 1.82) is 0 Å². The van der Waals surface area contributed by atoms with E-state index in [-0.39, 0.29) is 60.5 Å². The van der Waals surface area contributed by atoms with Gasteiger partial charge in [-0.25, -0.2) is 0 Å². The van der Waals surface area contributed by atoms with Gasteiger partial charge in [0.15, 0.2) is 0 Å². The molecule has 0 amide bonds. The van der Waals surface area contributed by atoms with Crippen LogP contribution in [0.4, 0.5) is 0 Å². The van der Waals surface area contributed by atoms with Gasteiger partial charge in [0.25, 0.3) is 0 Å². The summed E-state index contributed by atoms with van der Waals surface area (Å²) in [5, 5.41) is 0. The minimum absolute atomic E-state index is 0. The Balaban J connectivity index is -0.000000107. The summed E-state index contributed by atoms with van der Waals surface area (Å²) >= 11 is -2.19. The van der Waals surface area contributed by atoms with Crippen LogP contribution in [0.1, 0.15) is 0 Å². The topological polar surface area (TPSA) is 109 Å². The molecule has 0 aromatic heterocycles. The molecule has 0 saturated carbocycles. The van der Waals surface area contributed by atoms with Gasteiger partial charge in [-0.2, -0.15) is 0 Å². The largest absolute Gasteiger partial charge is 0 e. The van der Waals surface area contributed by atoms with Crippen LogP contribution < -0.4 is 0 Å². The number of rotatable bonds is 2. The molecule has 12 heavy (non-hydrogen) atoms. The van der Waals surface area contributed by atoms with Crippen molar-refractivity contribution < 1.29 is 62.5 Å². The SMILES string of the molecule is O=S(=O)(O)[Se]S(=O)(=O)O.[Cu].[Sn].[Zn]. The summed E-state index contributed by atoms with van der Waals surface area (Å²) in [6.07, 6.45) is 0. The fourth-order valence-electron chi connectivity index (χ4n) is 0.109. The minimum atomic E-state index is -4.56. The molecule has 2 N–H and O–H groups in total. The van der Waals surface area contributed by atoms with E-state index in [1.807, 2.05) is 0 Å². The molecule has 0 atom stereocenters. The molecule has 73 valence electrons. The summed E-state index contributed by atoms with van der Waals surface area (Å²) in [5.41, 5.74) is 0. The van der Waals surface area contributed by atoms with Crippen LogP contribution in [0.5, 0.6) is 0 Å². The van der Waals surface area contributed by atoms with Gasteiger partial charge in [-0.3, -0.25) is 0 Å². The van der Waals surface area contributed by atoms with E-state index < -0.39 is 29.8 Å². The van der Waals surface area contributed by atoms with Crippen LogP contribution in [0.3, 0.4) is 0 Å². The van der Waals surface area contributed by atoms with Crippen LogP contribution in [-0.4, -0.2) is 62.6 Å². The van der Waals surface area contributed by atoms with E-state index in [2.05, 4.69) is 0 Å². The molecule has 12 heteroatoms. The van der Waals surface area contributed by atoms with E-state index in [1.165, 1.54) is 0 Å². The third-order valence-electron chi connectivity index (χ3n) is 0.172. The summed E-state index contributed by atoms with van der Waals surface area (Å²) in [4.78, 5) is 0. The van der Waals surface area contributed by atoms with Crippen LogP contribution >= 0.6 is 0 Å². The predicted molar refractivity (Wildman–Crippen MR) is 34.6 cm³/mol. The molecule has 0 aromatic rings. The molecule has 0 aliphatic heterocycles. The Morgan fingerprint density at radius 2 is 1.08 bits per heavy atom. The van der Waals surface area contributed by atoms with Crippen LogP contribution in [0.15, 0.2) is 0 Å². The molecule has 0 saturated heterocycles. The average molecular weight is 489 g/mol. The second kappa shape index (κ2) is 8.58. The summed E-state index contributed by atoms with van der Waals surface area (Å²) in [6, 6.07) is 0. The van der Waals surface area contributed by atoms with Crippen molar-refractivity contribution in [2.24, 2.45) is 0 Å². The third-order valence-corrected chi connectivity index (χ3v) is 8.04. The molecule has 5 radical (unpaired) electrons. The Kier molecular flexibility index (Phi) is 17.0. The van der Waals surface area contributed by atoms with E-state index in [1.54, 1.807) is 0 Å². The standard InChI is InChI=1S/Cu.H2O6S2Se.Sn.Zn/c;1-7(2,3)9-8(4,5)6;;/h;(H,1,2,3)(H,4,5,6);;. The van der Waals surface area contributed by atoms with Gasteiger partial charge in [0.2, 0.25) is 0 Å². The van der Waals surface area contributed by atoms with Gasteiger partial charge in [-0.05, 0) is 0 Å². The van der Waals surface area contributed by atoms with E-state index in [4.69, 9.17) is 9.11 Å². The summed E-state index contributed by atoms with van der Waals surface area (Å²) < 4.78 is 54.4. The Labute approximate surface area is 115 Å². The Hall–Kier alpha value is 2.28. The quantitative estimate of drug-likeness (QED) is 0.341. The van der Waals surface area contributed by atoms with Gasteiger partial charge in [0.05, 0.1) is 0 Å². The first-order chi connectivity index (χ1) is 3.71.